The van der Waals surface area contributed by atoms with Crippen LogP contribution in [0, 0.1) is 5.92 Å². The Balaban J connectivity index is 1.57. The van der Waals surface area contributed by atoms with Gasteiger partial charge in [0.15, 0.2) is 0 Å². The summed E-state index contributed by atoms with van der Waals surface area (Å²) < 4.78 is 0. The molecule has 1 fully saturated rings. The van der Waals surface area contributed by atoms with Gasteiger partial charge in [0.05, 0.1) is 0 Å². The van der Waals surface area contributed by atoms with Gasteiger partial charge in [0, 0.05) is 13.0 Å². The Hall–Kier alpha value is -1.31. The molecular formula is C17H25NO. The van der Waals surface area contributed by atoms with E-state index in [9.17, 15) is 4.79 Å². The van der Waals surface area contributed by atoms with E-state index in [4.69, 9.17) is 0 Å². The molecule has 0 unspecified atom stereocenters. The molecule has 0 aliphatic heterocycles. The van der Waals surface area contributed by atoms with Gasteiger partial charge in [-0.3, -0.25) is 4.79 Å². The summed E-state index contributed by atoms with van der Waals surface area (Å²) in [5, 5.41) is 3.06. The molecule has 1 aliphatic rings. The maximum absolute atomic E-state index is 11.7. The normalized spacial score (nSPS) is 16.2. The first kappa shape index (κ1) is 14.1. The predicted molar refractivity (Wildman–Crippen MR) is 79.0 cm³/mol. The fourth-order valence-corrected chi connectivity index (χ4v) is 2.88. The molecule has 0 saturated heterocycles. The van der Waals surface area contributed by atoms with Crippen molar-refractivity contribution in [1.29, 1.82) is 0 Å². The molecule has 1 saturated carbocycles. The molecule has 0 spiro atoms. The Labute approximate surface area is 116 Å². The summed E-state index contributed by atoms with van der Waals surface area (Å²) in [7, 11) is 0. The smallest absolute Gasteiger partial charge is 0.220 e. The van der Waals surface area contributed by atoms with Crippen molar-refractivity contribution in [3.63, 3.8) is 0 Å². The average Bonchev–Trinajstić information content (AvgIpc) is 2.47. The largest absolute Gasteiger partial charge is 0.356 e. The SMILES string of the molecule is O=C(CCc1ccccc1)NCCC1CCCCC1. The molecule has 0 atom stereocenters. The highest BCUT2D eigenvalue weighted by Crippen LogP contribution is 2.25. The average molecular weight is 259 g/mol. The van der Waals surface area contributed by atoms with Crippen LogP contribution in [0.5, 0.6) is 0 Å². The Morgan fingerprint density at radius 1 is 1.11 bits per heavy atom. The summed E-state index contributed by atoms with van der Waals surface area (Å²) in [5.74, 6) is 1.04. The fraction of sp³-hybridized carbons (Fsp3) is 0.588. The lowest BCUT2D eigenvalue weighted by Gasteiger charge is -2.21. The first-order valence-corrected chi connectivity index (χ1v) is 7.65. The Morgan fingerprint density at radius 2 is 1.84 bits per heavy atom. The maximum Gasteiger partial charge on any atom is 0.220 e. The third-order valence-corrected chi connectivity index (χ3v) is 4.08. The van der Waals surface area contributed by atoms with E-state index in [1.807, 2.05) is 18.2 Å². The molecule has 0 bridgehead atoms. The number of amides is 1. The van der Waals surface area contributed by atoms with Crippen molar-refractivity contribution >= 4 is 5.91 Å². The summed E-state index contributed by atoms with van der Waals surface area (Å²) in [6.07, 6.45) is 9.50. The molecule has 1 aromatic carbocycles. The first-order valence-electron chi connectivity index (χ1n) is 7.65. The second-order valence-electron chi connectivity index (χ2n) is 5.63. The van der Waals surface area contributed by atoms with E-state index in [0.29, 0.717) is 6.42 Å². The van der Waals surface area contributed by atoms with Gasteiger partial charge in [-0.15, -0.1) is 0 Å². The molecular weight excluding hydrogens is 234 g/mol. The first-order chi connectivity index (χ1) is 9.34. The number of carbonyl (C=O) groups excluding carboxylic acids is 1. The zero-order chi connectivity index (χ0) is 13.3. The molecule has 1 aromatic rings. The van der Waals surface area contributed by atoms with E-state index in [-0.39, 0.29) is 5.91 Å². The van der Waals surface area contributed by atoms with E-state index in [0.717, 1.165) is 25.3 Å². The molecule has 0 radical (unpaired) electrons. The Kier molecular flexibility index (Phi) is 5.93. The number of rotatable bonds is 6. The molecule has 19 heavy (non-hydrogen) atoms. The number of carbonyl (C=O) groups is 1. The minimum absolute atomic E-state index is 0.194. The highest BCUT2D eigenvalue weighted by molar-refractivity contribution is 5.76. The quantitative estimate of drug-likeness (QED) is 0.829. The highest BCUT2D eigenvalue weighted by Gasteiger charge is 2.13. The summed E-state index contributed by atoms with van der Waals surface area (Å²) >= 11 is 0. The van der Waals surface area contributed by atoms with Crippen LogP contribution < -0.4 is 5.32 Å². The number of aryl methyl sites for hydroxylation is 1. The van der Waals surface area contributed by atoms with E-state index in [1.54, 1.807) is 0 Å². The van der Waals surface area contributed by atoms with Crippen LogP contribution in [0.1, 0.15) is 50.5 Å². The monoisotopic (exact) mass is 259 g/mol. The van der Waals surface area contributed by atoms with Gasteiger partial charge in [0.25, 0.3) is 0 Å². The van der Waals surface area contributed by atoms with Crippen LogP contribution in [-0.4, -0.2) is 12.5 Å². The van der Waals surface area contributed by atoms with Crippen molar-refractivity contribution in [3.8, 4) is 0 Å². The Bertz CT molecular complexity index is 368. The number of nitrogens with one attached hydrogen (secondary N) is 1. The molecule has 2 nitrogen and oxygen atoms in total. The molecule has 0 heterocycles. The van der Waals surface area contributed by atoms with Crippen LogP contribution >= 0.6 is 0 Å². The van der Waals surface area contributed by atoms with Crippen molar-refractivity contribution in [3.05, 3.63) is 35.9 Å². The van der Waals surface area contributed by atoms with Crippen LogP contribution in [0.25, 0.3) is 0 Å². The lowest BCUT2D eigenvalue weighted by atomic mass is 9.87. The molecule has 2 rings (SSSR count). The third kappa shape index (κ3) is 5.46. The standard InChI is InChI=1S/C17H25NO/c19-17(12-11-15-7-3-1-4-8-15)18-14-13-16-9-5-2-6-10-16/h1,3-4,7-8,16H,2,5-6,9-14H2,(H,18,19). The lowest BCUT2D eigenvalue weighted by molar-refractivity contribution is -0.121. The minimum Gasteiger partial charge on any atom is -0.356 e. The van der Waals surface area contributed by atoms with E-state index < -0.39 is 0 Å². The van der Waals surface area contributed by atoms with Crippen LogP contribution in [0.4, 0.5) is 0 Å². The van der Waals surface area contributed by atoms with Crippen molar-refractivity contribution in [2.45, 2.75) is 51.4 Å². The van der Waals surface area contributed by atoms with Crippen LogP contribution in [0.2, 0.25) is 0 Å². The van der Waals surface area contributed by atoms with Crippen LogP contribution in [0.3, 0.4) is 0 Å². The van der Waals surface area contributed by atoms with E-state index >= 15 is 0 Å². The molecule has 1 amide bonds. The highest BCUT2D eigenvalue weighted by atomic mass is 16.1. The fourth-order valence-electron chi connectivity index (χ4n) is 2.88. The van der Waals surface area contributed by atoms with Gasteiger partial charge in [0.2, 0.25) is 5.91 Å². The summed E-state index contributed by atoms with van der Waals surface area (Å²) in [6.45, 7) is 0.859. The van der Waals surface area contributed by atoms with Crippen LogP contribution in [0.15, 0.2) is 30.3 Å². The number of benzene rings is 1. The summed E-state index contributed by atoms with van der Waals surface area (Å²) in [5.41, 5.74) is 1.24. The van der Waals surface area contributed by atoms with Gasteiger partial charge in [-0.1, -0.05) is 62.4 Å². The number of hydrogen-bond donors (Lipinski definition) is 1. The lowest BCUT2D eigenvalue weighted by Crippen LogP contribution is -2.26. The van der Waals surface area contributed by atoms with Crippen molar-refractivity contribution < 1.29 is 4.79 Å². The molecule has 104 valence electrons. The zero-order valence-corrected chi connectivity index (χ0v) is 11.7. The van der Waals surface area contributed by atoms with Gasteiger partial charge in [-0.2, -0.15) is 0 Å². The maximum atomic E-state index is 11.7. The van der Waals surface area contributed by atoms with Gasteiger partial charge >= 0.3 is 0 Å². The van der Waals surface area contributed by atoms with Crippen LogP contribution in [-0.2, 0) is 11.2 Å². The molecule has 2 heteroatoms. The molecule has 0 aromatic heterocycles. The van der Waals surface area contributed by atoms with E-state index in [2.05, 4.69) is 17.4 Å². The third-order valence-electron chi connectivity index (χ3n) is 4.08. The van der Waals surface area contributed by atoms with Gasteiger partial charge in [0.1, 0.15) is 0 Å². The topological polar surface area (TPSA) is 29.1 Å². The predicted octanol–water partition coefficient (Wildman–Crippen LogP) is 3.71. The van der Waals surface area contributed by atoms with E-state index in [1.165, 1.54) is 37.7 Å². The second kappa shape index (κ2) is 7.98. The second-order valence-corrected chi connectivity index (χ2v) is 5.63. The minimum atomic E-state index is 0.194. The molecule has 1 aliphatic carbocycles. The van der Waals surface area contributed by atoms with Gasteiger partial charge < -0.3 is 5.32 Å². The zero-order valence-electron chi connectivity index (χ0n) is 11.7. The van der Waals surface area contributed by atoms with Crippen molar-refractivity contribution in [2.24, 2.45) is 5.92 Å². The van der Waals surface area contributed by atoms with Crippen molar-refractivity contribution in [1.82, 2.24) is 5.32 Å². The molecule has 1 N–H and O–H groups in total. The summed E-state index contributed by atoms with van der Waals surface area (Å²) in [4.78, 5) is 11.7. The van der Waals surface area contributed by atoms with Gasteiger partial charge in [-0.25, -0.2) is 0 Å². The number of hydrogen-bond acceptors (Lipinski definition) is 1. The Morgan fingerprint density at radius 3 is 2.58 bits per heavy atom. The van der Waals surface area contributed by atoms with Gasteiger partial charge in [-0.05, 0) is 24.3 Å². The summed E-state index contributed by atoms with van der Waals surface area (Å²) in [6, 6.07) is 10.2. The van der Waals surface area contributed by atoms with Crippen molar-refractivity contribution in [2.75, 3.05) is 6.54 Å².